The van der Waals surface area contributed by atoms with Gasteiger partial charge in [0.05, 0.1) is 23.5 Å². The van der Waals surface area contributed by atoms with Crippen LogP contribution in [-0.2, 0) is 6.54 Å². The number of amides is 1. The maximum atomic E-state index is 13.5. The van der Waals surface area contributed by atoms with E-state index in [2.05, 4.69) is 10.3 Å². The summed E-state index contributed by atoms with van der Waals surface area (Å²) in [7, 11) is 0. The van der Waals surface area contributed by atoms with E-state index in [1.54, 1.807) is 29.2 Å². The summed E-state index contributed by atoms with van der Waals surface area (Å²) in [5.74, 6) is -0.429. The van der Waals surface area contributed by atoms with E-state index in [1.807, 2.05) is 62.4 Å². The Morgan fingerprint density at radius 1 is 1.09 bits per heavy atom. The lowest BCUT2D eigenvalue weighted by molar-refractivity contribution is 0.0937. The molecule has 5 rings (SSSR count). The van der Waals surface area contributed by atoms with Crippen molar-refractivity contribution in [2.45, 2.75) is 26.4 Å². The highest BCUT2D eigenvalue weighted by Gasteiger charge is 2.20. The standard InChI is InChI=1S/C27H24N6O2/c1-17-8-7-13-32-24(17)31-25-22(27(32)35)14-21(23(28)33(25)16-19-9-6-12-29-15-19)26(34)30-18(2)20-10-4-3-5-11-20/h3-15,18,28H,16H2,1-2H3,(H,30,34)/t18-/m0/s1. The fourth-order valence-electron chi connectivity index (χ4n) is 4.20. The first kappa shape index (κ1) is 22.2. The summed E-state index contributed by atoms with van der Waals surface area (Å²) >= 11 is 0. The van der Waals surface area contributed by atoms with Gasteiger partial charge in [0.25, 0.3) is 11.5 Å². The van der Waals surface area contributed by atoms with Gasteiger partial charge in [0.1, 0.15) is 16.8 Å². The monoisotopic (exact) mass is 464 g/mol. The summed E-state index contributed by atoms with van der Waals surface area (Å²) in [5.41, 5.74) is 3.27. The Labute approximate surface area is 201 Å². The van der Waals surface area contributed by atoms with E-state index >= 15 is 0 Å². The van der Waals surface area contributed by atoms with Crippen molar-refractivity contribution in [2.75, 3.05) is 0 Å². The molecular formula is C27H24N6O2. The lowest BCUT2D eigenvalue weighted by atomic mass is 10.1. The third kappa shape index (κ3) is 4.10. The molecule has 0 aliphatic rings. The minimum Gasteiger partial charge on any atom is -0.345 e. The van der Waals surface area contributed by atoms with Crippen molar-refractivity contribution in [3.05, 3.63) is 117 Å². The fraction of sp³-hybridized carbons (Fsp3) is 0.148. The van der Waals surface area contributed by atoms with Crippen LogP contribution in [0, 0.1) is 12.3 Å². The molecule has 0 aliphatic heterocycles. The normalized spacial score (nSPS) is 12.1. The first-order chi connectivity index (χ1) is 16.9. The van der Waals surface area contributed by atoms with E-state index in [0.717, 1.165) is 16.7 Å². The van der Waals surface area contributed by atoms with Gasteiger partial charge < -0.3 is 9.88 Å². The SMILES string of the molecule is Cc1cccn2c(=O)c3cc(C(=O)N[C@@H](C)c4ccccc4)c(=N)n(Cc4cccnc4)c3nc12. The molecule has 0 saturated heterocycles. The zero-order valence-electron chi connectivity index (χ0n) is 19.4. The number of aryl methyl sites for hydroxylation is 1. The predicted octanol–water partition coefficient (Wildman–Crippen LogP) is 3.37. The van der Waals surface area contributed by atoms with Crippen molar-refractivity contribution >= 4 is 22.6 Å². The number of fused-ring (bicyclic) bond motifs is 2. The van der Waals surface area contributed by atoms with Crippen molar-refractivity contribution in [2.24, 2.45) is 0 Å². The molecule has 0 saturated carbocycles. The van der Waals surface area contributed by atoms with Crippen LogP contribution < -0.4 is 16.4 Å². The molecule has 0 bridgehead atoms. The molecule has 1 aromatic carbocycles. The average molecular weight is 465 g/mol. The fourth-order valence-corrected chi connectivity index (χ4v) is 4.20. The Morgan fingerprint density at radius 2 is 1.89 bits per heavy atom. The number of nitrogens with zero attached hydrogens (tertiary/aromatic N) is 4. The van der Waals surface area contributed by atoms with Gasteiger partial charge in [0.2, 0.25) is 0 Å². The third-order valence-electron chi connectivity index (χ3n) is 6.09. The Balaban J connectivity index is 1.71. The second kappa shape index (κ2) is 8.98. The molecule has 0 aliphatic carbocycles. The molecule has 0 fully saturated rings. The molecule has 0 unspecified atom stereocenters. The first-order valence-corrected chi connectivity index (χ1v) is 11.3. The minimum absolute atomic E-state index is 0.0241. The molecule has 35 heavy (non-hydrogen) atoms. The number of pyridine rings is 3. The second-order valence-corrected chi connectivity index (χ2v) is 8.50. The van der Waals surface area contributed by atoms with Crippen LogP contribution in [0.4, 0.5) is 0 Å². The van der Waals surface area contributed by atoms with Crippen LogP contribution in [0.2, 0.25) is 0 Å². The number of hydrogen-bond acceptors (Lipinski definition) is 5. The number of carbonyl (C=O) groups is 1. The molecular weight excluding hydrogens is 440 g/mol. The lowest BCUT2D eigenvalue weighted by Gasteiger charge is -2.17. The smallest absolute Gasteiger partial charge is 0.267 e. The largest absolute Gasteiger partial charge is 0.345 e. The molecule has 2 N–H and O–H groups in total. The topological polar surface area (TPSA) is 105 Å². The van der Waals surface area contributed by atoms with Crippen molar-refractivity contribution in [1.82, 2.24) is 24.3 Å². The number of hydrogen-bond donors (Lipinski definition) is 2. The number of carbonyl (C=O) groups excluding carboxylic acids is 1. The number of benzene rings is 1. The summed E-state index contributed by atoms with van der Waals surface area (Å²) in [6.45, 7) is 4.01. The Bertz CT molecular complexity index is 1670. The lowest BCUT2D eigenvalue weighted by Crippen LogP contribution is -2.36. The molecule has 4 aromatic heterocycles. The van der Waals surface area contributed by atoms with Gasteiger partial charge in [-0.3, -0.25) is 24.4 Å². The van der Waals surface area contributed by atoms with Crippen molar-refractivity contribution in [1.29, 1.82) is 5.41 Å². The van der Waals surface area contributed by atoms with Gasteiger partial charge in [-0.25, -0.2) is 4.98 Å². The Morgan fingerprint density at radius 3 is 2.63 bits per heavy atom. The maximum Gasteiger partial charge on any atom is 0.267 e. The molecule has 1 atom stereocenters. The van der Waals surface area contributed by atoms with Crippen LogP contribution in [-0.4, -0.2) is 24.8 Å². The van der Waals surface area contributed by atoms with E-state index in [-0.39, 0.29) is 34.6 Å². The van der Waals surface area contributed by atoms with E-state index in [0.29, 0.717) is 11.3 Å². The molecule has 5 aromatic rings. The highest BCUT2D eigenvalue weighted by molar-refractivity contribution is 5.97. The van der Waals surface area contributed by atoms with Gasteiger partial charge in [-0.05, 0) is 48.7 Å². The Kier molecular flexibility index (Phi) is 5.70. The molecule has 8 heteroatoms. The maximum absolute atomic E-state index is 13.5. The molecule has 1 amide bonds. The van der Waals surface area contributed by atoms with E-state index in [9.17, 15) is 9.59 Å². The van der Waals surface area contributed by atoms with Gasteiger partial charge in [-0.1, -0.05) is 42.5 Å². The highest BCUT2D eigenvalue weighted by Crippen LogP contribution is 2.16. The van der Waals surface area contributed by atoms with E-state index < -0.39 is 5.91 Å². The average Bonchev–Trinajstić information content (AvgIpc) is 2.87. The molecule has 4 heterocycles. The molecule has 174 valence electrons. The quantitative estimate of drug-likeness (QED) is 0.389. The van der Waals surface area contributed by atoms with Crippen LogP contribution >= 0.6 is 0 Å². The summed E-state index contributed by atoms with van der Waals surface area (Å²) in [6, 6.07) is 18.2. The Hall–Kier alpha value is -4.59. The van der Waals surface area contributed by atoms with Crippen molar-refractivity contribution in [3.63, 3.8) is 0 Å². The summed E-state index contributed by atoms with van der Waals surface area (Å²) in [5, 5.41) is 12.2. The molecule has 8 nitrogen and oxygen atoms in total. The van der Waals surface area contributed by atoms with Gasteiger partial charge in [0, 0.05) is 18.6 Å². The van der Waals surface area contributed by atoms with Gasteiger partial charge in [-0.2, -0.15) is 0 Å². The third-order valence-corrected chi connectivity index (χ3v) is 6.09. The number of rotatable bonds is 5. The first-order valence-electron chi connectivity index (χ1n) is 11.3. The van der Waals surface area contributed by atoms with Crippen LogP contribution in [0.25, 0.3) is 16.7 Å². The second-order valence-electron chi connectivity index (χ2n) is 8.50. The van der Waals surface area contributed by atoms with Gasteiger partial charge >= 0.3 is 0 Å². The zero-order valence-corrected chi connectivity index (χ0v) is 19.4. The van der Waals surface area contributed by atoms with Crippen LogP contribution in [0.1, 0.15) is 40.0 Å². The zero-order chi connectivity index (χ0) is 24.5. The number of nitrogens with one attached hydrogen (secondary N) is 2. The van der Waals surface area contributed by atoms with Gasteiger partial charge in [0.15, 0.2) is 0 Å². The van der Waals surface area contributed by atoms with Crippen LogP contribution in [0.3, 0.4) is 0 Å². The van der Waals surface area contributed by atoms with Gasteiger partial charge in [-0.15, -0.1) is 0 Å². The van der Waals surface area contributed by atoms with E-state index in [4.69, 9.17) is 10.4 Å². The van der Waals surface area contributed by atoms with Crippen LogP contribution in [0.5, 0.6) is 0 Å². The van der Waals surface area contributed by atoms with Crippen molar-refractivity contribution in [3.8, 4) is 0 Å². The summed E-state index contributed by atoms with van der Waals surface area (Å²) < 4.78 is 3.08. The predicted molar refractivity (Wildman–Crippen MR) is 133 cm³/mol. The summed E-state index contributed by atoms with van der Waals surface area (Å²) in [4.78, 5) is 35.7. The minimum atomic E-state index is -0.429. The molecule has 0 spiro atoms. The number of aromatic nitrogens is 4. The summed E-state index contributed by atoms with van der Waals surface area (Å²) in [6.07, 6.45) is 5.03. The molecule has 0 radical (unpaired) electrons. The highest BCUT2D eigenvalue weighted by atomic mass is 16.2. The van der Waals surface area contributed by atoms with Crippen molar-refractivity contribution < 1.29 is 4.79 Å². The van der Waals surface area contributed by atoms with Crippen LogP contribution in [0.15, 0.2) is 84.0 Å². The van der Waals surface area contributed by atoms with E-state index in [1.165, 1.54) is 10.5 Å².